The van der Waals surface area contributed by atoms with Crippen LogP contribution in [-0.2, 0) is 4.74 Å². The number of amides is 1. The number of rotatable bonds is 5. The molecule has 18 heavy (non-hydrogen) atoms. The van der Waals surface area contributed by atoms with Crippen LogP contribution in [-0.4, -0.2) is 30.7 Å². The van der Waals surface area contributed by atoms with Crippen LogP contribution in [0.1, 0.15) is 25.5 Å². The van der Waals surface area contributed by atoms with Gasteiger partial charge in [0, 0.05) is 13.1 Å². The zero-order valence-corrected chi connectivity index (χ0v) is 10.7. The Balaban J connectivity index is 2.84. The summed E-state index contributed by atoms with van der Waals surface area (Å²) in [6, 6.07) is 5.86. The van der Waals surface area contributed by atoms with E-state index >= 15 is 0 Å². The summed E-state index contributed by atoms with van der Waals surface area (Å²) in [5, 5.41) is 0. The number of nitrogens with two attached hydrogens (primary N) is 1. The lowest BCUT2D eigenvalue weighted by Gasteiger charge is -2.28. The van der Waals surface area contributed by atoms with Crippen molar-refractivity contribution < 1.29 is 13.9 Å². The van der Waals surface area contributed by atoms with Crippen molar-refractivity contribution in [3.8, 4) is 0 Å². The maximum Gasteiger partial charge on any atom is 0.410 e. The van der Waals surface area contributed by atoms with Crippen molar-refractivity contribution in [3.63, 3.8) is 0 Å². The van der Waals surface area contributed by atoms with E-state index in [1.54, 1.807) is 19.1 Å². The molecule has 0 heterocycles. The molecule has 0 aliphatic carbocycles. The Labute approximate surface area is 107 Å². The zero-order valence-electron chi connectivity index (χ0n) is 10.7. The van der Waals surface area contributed by atoms with Gasteiger partial charge in [-0.15, -0.1) is 0 Å². The number of nitrogens with zero attached hydrogens (tertiary/aromatic N) is 1. The van der Waals surface area contributed by atoms with Gasteiger partial charge in [-0.05, 0) is 31.5 Å². The van der Waals surface area contributed by atoms with E-state index in [0.29, 0.717) is 19.7 Å². The van der Waals surface area contributed by atoms with Gasteiger partial charge in [0.25, 0.3) is 0 Å². The van der Waals surface area contributed by atoms with E-state index in [-0.39, 0.29) is 11.9 Å². The van der Waals surface area contributed by atoms with Crippen molar-refractivity contribution in [1.29, 1.82) is 0 Å². The lowest BCUT2D eigenvalue weighted by atomic mass is 10.1. The van der Waals surface area contributed by atoms with Crippen LogP contribution in [0.4, 0.5) is 9.18 Å². The van der Waals surface area contributed by atoms with E-state index in [1.807, 2.05) is 6.92 Å². The third-order valence-corrected chi connectivity index (χ3v) is 2.69. The Kier molecular flexibility index (Phi) is 5.58. The molecule has 0 aliphatic heterocycles. The van der Waals surface area contributed by atoms with Gasteiger partial charge >= 0.3 is 6.09 Å². The number of carbonyl (C=O) groups is 1. The van der Waals surface area contributed by atoms with Crippen LogP contribution in [0.15, 0.2) is 24.3 Å². The number of benzene rings is 1. The Bertz CT molecular complexity index is 381. The smallest absolute Gasteiger partial charge is 0.410 e. The van der Waals surface area contributed by atoms with Gasteiger partial charge in [0.15, 0.2) is 0 Å². The SMILES string of the molecule is CCOC(=O)N(CCN)[C@H](C)c1ccc(F)cc1. The molecule has 0 bridgehead atoms. The molecular formula is C13H19FN2O2. The van der Waals surface area contributed by atoms with Crippen molar-refractivity contribution in [1.82, 2.24) is 4.90 Å². The molecule has 0 radical (unpaired) electrons. The van der Waals surface area contributed by atoms with Crippen molar-refractivity contribution in [2.45, 2.75) is 19.9 Å². The van der Waals surface area contributed by atoms with Crippen LogP contribution in [0.25, 0.3) is 0 Å². The molecule has 0 spiro atoms. The fourth-order valence-electron chi connectivity index (χ4n) is 1.71. The number of halogens is 1. The Morgan fingerprint density at radius 1 is 1.44 bits per heavy atom. The molecule has 100 valence electrons. The summed E-state index contributed by atoms with van der Waals surface area (Å²) in [5.74, 6) is -0.299. The number of hydrogen-bond acceptors (Lipinski definition) is 3. The first-order valence-corrected chi connectivity index (χ1v) is 5.99. The number of hydrogen-bond donors (Lipinski definition) is 1. The molecule has 0 unspecified atom stereocenters. The summed E-state index contributed by atoms with van der Waals surface area (Å²) in [5.41, 5.74) is 6.34. The molecule has 1 atom stereocenters. The average molecular weight is 254 g/mol. The quantitative estimate of drug-likeness (QED) is 0.877. The molecule has 1 aromatic rings. The summed E-state index contributed by atoms with van der Waals surface area (Å²) in [6.07, 6.45) is -0.403. The molecule has 0 saturated carbocycles. The average Bonchev–Trinajstić information content (AvgIpc) is 2.36. The fourth-order valence-corrected chi connectivity index (χ4v) is 1.71. The number of carbonyl (C=O) groups excluding carboxylic acids is 1. The van der Waals surface area contributed by atoms with Gasteiger partial charge in [-0.2, -0.15) is 0 Å². The van der Waals surface area contributed by atoms with Crippen molar-refractivity contribution in [3.05, 3.63) is 35.6 Å². The van der Waals surface area contributed by atoms with Crippen molar-refractivity contribution in [2.24, 2.45) is 5.73 Å². The Hall–Kier alpha value is -1.62. The van der Waals surface area contributed by atoms with E-state index < -0.39 is 6.09 Å². The molecular weight excluding hydrogens is 235 g/mol. The predicted octanol–water partition coefficient (Wildman–Crippen LogP) is 2.30. The third kappa shape index (κ3) is 3.70. The Morgan fingerprint density at radius 3 is 2.56 bits per heavy atom. The predicted molar refractivity (Wildman–Crippen MR) is 67.6 cm³/mol. The second-order valence-electron chi connectivity index (χ2n) is 3.91. The summed E-state index contributed by atoms with van der Waals surface area (Å²) < 4.78 is 17.8. The highest BCUT2D eigenvalue weighted by Crippen LogP contribution is 2.20. The highest BCUT2D eigenvalue weighted by molar-refractivity contribution is 5.68. The summed E-state index contributed by atoms with van der Waals surface area (Å²) in [6.45, 7) is 4.68. The maximum atomic E-state index is 12.9. The van der Waals surface area contributed by atoms with Crippen LogP contribution in [0.3, 0.4) is 0 Å². The molecule has 2 N–H and O–H groups in total. The van der Waals surface area contributed by atoms with Crippen LogP contribution in [0.5, 0.6) is 0 Å². The monoisotopic (exact) mass is 254 g/mol. The highest BCUT2D eigenvalue weighted by Gasteiger charge is 2.21. The molecule has 5 heteroatoms. The minimum atomic E-state index is -0.403. The minimum Gasteiger partial charge on any atom is -0.450 e. The first-order valence-electron chi connectivity index (χ1n) is 5.99. The molecule has 1 aromatic carbocycles. The molecule has 4 nitrogen and oxygen atoms in total. The second kappa shape index (κ2) is 6.96. The van der Waals surface area contributed by atoms with Gasteiger partial charge in [0.2, 0.25) is 0 Å². The van der Waals surface area contributed by atoms with Gasteiger partial charge in [0.05, 0.1) is 12.6 Å². The van der Waals surface area contributed by atoms with E-state index in [1.165, 1.54) is 17.0 Å². The highest BCUT2D eigenvalue weighted by atomic mass is 19.1. The lowest BCUT2D eigenvalue weighted by molar-refractivity contribution is 0.0943. The molecule has 0 fully saturated rings. The van der Waals surface area contributed by atoms with Crippen LogP contribution in [0.2, 0.25) is 0 Å². The lowest BCUT2D eigenvalue weighted by Crippen LogP contribution is -2.37. The van der Waals surface area contributed by atoms with Gasteiger partial charge in [-0.25, -0.2) is 9.18 Å². The Morgan fingerprint density at radius 2 is 2.06 bits per heavy atom. The first-order chi connectivity index (χ1) is 8.60. The minimum absolute atomic E-state index is 0.201. The van der Waals surface area contributed by atoms with Gasteiger partial charge < -0.3 is 15.4 Å². The summed E-state index contributed by atoms with van der Waals surface area (Å²) >= 11 is 0. The molecule has 1 rings (SSSR count). The second-order valence-corrected chi connectivity index (χ2v) is 3.91. The van der Waals surface area contributed by atoms with E-state index in [2.05, 4.69) is 0 Å². The van der Waals surface area contributed by atoms with E-state index in [4.69, 9.17) is 10.5 Å². The largest absolute Gasteiger partial charge is 0.450 e. The van der Waals surface area contributed by atoms with Crippen molar-refractivity contribution in [2.75, 3.05) is 19.7 Å². The van der Waals surface area contributed by atoms with Crippen LogP contribution >= 0.6 is 0 Å². The normalized spacial score (nSPS) is 12.0. The molecule has 0 aliphatic rings. The van der Waals surface area contributed by atoms with Crippen LogP contribution < -0.4 is 5.73 Å². The fraction of sp³-hybridized carbons (Fsp3) is 0.462. The van der Waals surface area contributed by atoms with Gasteiger partial charge in [-0.3, -0.25) is 0 Å². The van der Waals surface area contributed by atoms with Gasteiger partial charge in [-0.1, -0.05) is 12.1 Å². The molecule has 0 saturated heterocycles. The van der Waals surface area contributed by atoms with E-state index in [0.717, 1.165) is 5.56 Å². The first kappa shape index (κ1) is 14.4. The zero-order chi connectivity index (χ0) is 13.5. The standard InChI is InChI=1S/C13H19FN2O2/c1-3-18-13(17)16(9-8-15)10(2)11-4-6-12(14)7-5-11/h4-7,10H,3,8-9,15H2,1-2H3/t10-/m1/s1. The molecule has 1 amide bonds. The molecule has 0 aromatic heterocycles. The number of ether oxygens (including phenoxy) is 1. The van der Waals surface area contributed by atoms with Gasteiger partial charge in [0.1, 0.15) is 5.82 Å². The third-order valence-electron chi connectivity index (χ3n) is 2.69. The van der Waals surface area contributed by atoms with Crippen LogP contribution in [0, 0.1) is 5.82 Å². The summed E-state index contributed by atoms with van der Waals surface area (Å²) in [7, 11) is 0. The van der Waals surface area contributed by atoms with Crippen molar-refractivity contribution >= 4 is 6.09 Å². The van der Waals surface area contributed by atoms with E-state index in [9.17, 15) is 9.18 Å². The maximum absolute atomic E-state index is 12.9. The topological polar surface area (TPSA) is 55.6 Å². The summed E-state index contributed by atoms with van der Waals surface area (Å²) in [4.78, 5) is 13.3.